The summed E-state index contributed by atoms with van der Waals surface area (Å²) in [6, 6.07) is 6.61. The van der Waals surface area contributed by atoms with Crippen molar-refractivity contribution < 1.29 is 14.7 Å². The summed E-state index contributed by atoms with van der Waals surface area (Å²) in [4.78, 5) is 36.0. The number of fused-ring (bicyclic) bond motifs is 1. The lowest BCUT2D eigenvalue weighted by molar-refractivity contribution is -0.144. The lowest BCUT2D eigenvalue weighted by atomic mass is 9.92. The van der Waals surface area contributed by atoms with E-state index >= 15 is 0 Å². The fraction of sp³-hybridized carbons (Fsp3) is 0.333. The number of carboxylic acids is 1. The fourth-order valence-corrected chi connectivity index (χ4v) is 3.87. The van der Waals surface area contributed by atoms with Gasteiger partial charge < -0.3 is 10.4 Å². The lowest BCUT2D eigenvalue weighted by Crippen LogP contribution is -2.56. The molecule has 8 heteroatoms. The van der Waals surface area contributed by atoms with Crippen LogP contribution in [0.15, 0.2) is 29.1 Å². The lowest BCUT2D eigenvalue weighted by Gasteiger charge is -2.33. The monoisotopic (exact) mass is 333 g/mol. The standard InChI is InChI=1S/C15H15N3O4S/c19-12-10-4-2-1-3-9(10)11(17-18-12)13(20)16-15(14(21)22)5-7-23-8-6-15/h1-4H,5-8H2,(H,16,20)(H,18,19)(H,21,22). The minimum absolute atomic E-state index is 0.0269. The molecule has 0 unspecified atom stereocenters. The van der Waals surface area contributed by atoms with Crippen LogP contribution in [0.1, 0.15) is 23.3 Å². The first-order chi connectivity index (χ1) is 11.0. The van der Waals surface area contributed by atoms with Gasteiger partial charge in [0.2, 0.25) is 0 Å². The number of benzene rings is 1. The number of hydrogen-bond acceptors (Lipinski definition) is 5. The van der Waals surface area contributed by atoms with Crippen molar-refractivity contribution in [3.05, 3.63) is 40.3 Å². The van der Waals surface area contributed by atoms with Crippen molar-refractivity contribution in [3.8, 4) is 0 Å². The summed E-state index contributed by atoms with van der Waals surface area (Å²) in [5, 5.41) is 19.0. The Kier molecular flexibility index (Phi) is 4.08. The van der Waals surface area contributed by atoms with Gasteiger partial charge in [-0.25, -0.2) is 9.89 Å². The van der Waals surface area contributed by atoms with E-state index in [-0.39, 0.29) is 11.3 Å². The molecule has 1 aliphatic rings. The second kappa shape index (κ2) is 6.04. The molecule has 1 saturated heterocycles. The Morgan fingerprint density at radius 2 is 1.87 bits per heavy atom. The number of carboxylic acid groups (broad SMARTS) is 1. The van der Waals surface area contributed by atoms with Crippen LogP contribution in [0, 0.1) is 0 Å². The molecule has 1 amide bonds. The molecule has 3 rings (SSSR count). The molecule has 0 bridgehead atoms. The molecule has 1 aliphatic heterocycles. The van der Waals surface area contributed by atoms with Gasteiger partial charge >= 0.3 is 5.97 Å². The molecule has 7 nitrogen and oxygen atoms in total. The molecule has 0 spiro atoms. The van der Waals surface area contributed by atoms with Crippen LogP contribution in [0.4, 0.5) is 0 Å². The van der Waals surface area contributed by atoms with Crippen LogP contribution >= 0.6 is 11.8 Å². The number of hydrogen-bond donors (Lipinski definition) is 3. The number of carbonyl (C=O) groups excluding carboxylic acids is 1. The summed E-state index contributed by atoms with van der Waals surface area (Å²) in [6.45, 7) is 0. The Morgan fingerprint density at radius 3 is 2.52 bits per heavy atom. The molecule has 1 aromatic carbocycles. The molecule has 2 aromatic rings. The quantitative estimate of drug-likeness (QED) is 0.772. The third-order valence-electron chi connectivity index (χ3n) is 4.02. The van der Waals surface area contributed by atoms with E-state index in [1.54, 1.807) is 36.0 Å². The molecule has 3 N–H and O–H groups in total. The van der Waals surface area contributed by atoms with Crippen LogP contribution in [0.5, 0.6) is 0 Å². The maximum atomic E-state index is 12.6. The first kappa shape index (κ1) is 15.5. The van der Waals surface area contributed by atoms with Crippen molar-refractivity contribution in [1.82, 2.24) is 15.5 Å². The number of nitrogens with zero attached hydrogens (tertiary/aromatic N) is 1. The largest absolute Gasteiger partial charge is 0.480 e. The van der Waals surface area contributed by atoms with E-state index in [2.05, 4.69) is 15.5 Å². The van der Waals surface area contributed by atoms with Crippen molar-refractivity contribution in [1.29, 1.82) is 0 Å². The van der Waals surface area contributed by atoms with Crippen molar-refractivity contribution in [2.45, 2.75) is 18.4 Å². The summed E-state index contributed by atoms with van der Waals surface area (Å²) in [5.41, 5.74) is -1.64. The summed E-state index contributed by atoms with van der Waals surface area (Å²) in [5.74, 6) is -0.287. The average Bonchev–Trinajstić information content (AvgIpc) is 2.56. The summed E-state index contributed by atoms with van der Waals surface area (Å²) < 4.78 is 0. The molecule has 0 radical (unpaired) electrons. The van der Waals surface area contributed by atoms with Gasteiger partial charge in [0.15, 0.2) is 5.69 Å². The maximum absolute atomic E-state index is 12.6. The normalized spacial score (nSPS) is 16.9. The average molecular weight is 333 g/mol. The van der Waals surface area contributed by atoms with Crippen LogP contribution in [-0.4, -0.2) is 44.2 Å². The predicted molar refractivity (Wildman–Crippen MR) is 86.8 cm³/mol. The van der Waals surface area contributed by atoms with Gasteiger partial charge in [-0.05, 0) is 30.4 Å². The number of thioether (sulfide) groups is 1. The molecule has 120 valence electrons. The molecular weight excluding hydrogens is 318 g/mol. The third-order valence-corrected chi connectivity index (χ3v) is 5.01. The number of aromatic amines is 1. The van der Waals surface area contributed by atoms with Crippen LogP contribution in [0.2, 0.25) is 0 Å². The zero-order chi connectivity index (χ0) is 16.4. The molecule has 1 aromatic heterocycles. The van der Waals surface area contributed by atoms with Crippen molar-refractivity contribution in [3.63, 3.8) is 0 Å². The Labute approximate surface area is 135 Å². The van der Waals surface area contributed by atoms with E-state index < -0.39 is 17.4 Å². The first-order valence-electron chi connectivity index (χ1n) is 7.15. The molecule has 0 saturated carbocycles. The van der Waals surface area contributed by atoms with Crippen molar-refractivity contribution in [2.75, 3.05) is 11.5 Å². The van der Waals surface area contributed by atoms with Crippen LogP contribution in [-0.2, 0) is 4.79 Å². The Balaban J connectivity index is 1.99. The zero-order valence-electron chi connectivity index (χ0n) is 12.2. The van der Waals surface area contributed by atoms with Crippen molar-refractivity contribution >= 4 is 34.4 Å². The second-order valence-corrected chi connectivity index (χ2v) is 6.63. The van der Waals surface area contributed by atoms with Gasteiger partial charge in [-0.15, -0.1) is 0 Å². The van der Waals surface area contributed by atoms with E-state index in [0.717, 1.165) is 0 Å². The van der Waals surface area contributed by atoms with E-state index in [1.165, 1.54) is 0 Å². The zero-order valence-corrected chi connectivity index (χ0v) is 13.0. The van der Waals surface area contributed by atoms with Gasteiger partial charge in [0.1, 0.15) is 5.54 Å². The number of aromatic nitrogens is 2. The number of amides is 1. The molecule has 2 heterocycles. The van der Waals surface area contributed by atoms with Crippen LogP contribution < -0.4 is 10.9 Å². The molecule has 0 atom stereocenters. The van der Waals surface area contributed by atoms with E-state index in [4.69, 9.17) is 0 Å². The van der Waals surface area contributed by atoms with Gasteiger partial charge in [0.25, 0.3) is 11.5 Å². The third kappa shape index (κ3) is 2.81. The topological polar surface area (TPSA) is 112 Å². The molecule has 1 fully saturated rings. The number of nitrogens with one attached hydrogen (secondary N) is 2. The first-order valence-corrected chi connectivity index (χ1v) is 8.30. The second-order valence-electron chi connectivity index (χ2n) is 5.40. The SMILES string of the molecule is O=C(NC1(C(=O)O)CCSCC1)c1n[nH]c(=O)c2ccccc12. The summed E-state index contributed by atoms with van der Waals surface area (Å²) in [7, 11) is 0. The highest BCUT2D eigenvalue weighted by atomic mass is 32.2. The van der Waals surface area contributed by atoms with E-state index in [9.17, 15) is 19.5 Å². The molecular formula is C15H15N3O4S. The van der Waals surface area contributed by atoms with E-state index in [1.807, 2.05) is 0 Å². The van der Waals surface area contributed by atoms with Gasteiger partial charge in [0, 0.05) is 5.39 Å². The molecule has 23 heavy (non-hydrogen) atoms. The predicted octanol–water partition coefficient (Wildman–Crippen LogP) is 1.00. The van der Waals surface area contributed by atoms with E-state index in [0.29, 0.717) is 35.1 Å². The summed E-state index contributed by atoms with van der Waals surface area (Å²) in [6.07, 6.45) is 0.722. The van der Waals surface area contributed by atoms with Gasteiger partial charge in [-0.1, -0.05) is 18.2 Å². The number of carbonyl (C=O) groups is 2. The minimum atomic E-state index is -1.28. The minimum Gasteiger partial charge on any atom is -0.480 e. The number of H-pyrrole nitrogens is 1. The highest BCUT2D eigenvalue weighted by Gasteiger charge is 2.41. The summed E-state index contributed by atoms with van der Waals surface area (Å²) >= 11 is 1.66. The Hall–Kier alpha value is -2.35. The van der Waals surface area contributed by atoms with Crippen LogP contribution in [0.25, 0.3) is 10.8 Å². The smallest absolute Gasteiger partial charge is 0.329 e. The Bertz CT molecular complexity index is 827. The Morgan fingerprint density at radius 1 is 1.22 bits per heavy atom. The molecule has 0 aliphatic carbocycles. The van der Waals surface area contributed by atoms with Gasteiger partial charge in [-0.2, -0.15) is 16.9 Å². The number of aliphatic carboxylic acids is 1. The highest BCUT2D eigenvalue weighted by Crippen LogP contribution is 2.28. The van der Waals surface area contributed by atoms with Crippen molar-refractivity contribution in [2.24, 2.45) is 0 Å². The maximum Gasteiger partial charge on any atom is 0.329 e. The van der Waals surface area contributed by atoms with Crippen LogP contribution in [0.3, 0.4) is 0 Å². The number of rotatable bonds is 3. The highest BCUT2D eigenvalue weighted by molar-refractivity contribution is 7.99. The van der Waals surface area contributed by atoms with Gasteiger partial charge in [-0.3, -0.25) is 9.59 Å². The van der Waals surface area contributed by atoms with Gasteiger partial charge in [0.05, 0.1) is 5.39 Å². The fourth-order valence-electron chi connectivity index (χ4n) is 2.68.